The van der Waals surface area contributed by atoms with E-state index in [1.807, 2.05) is 0 Å². The van der Waals surface area contributed by atoms with Crippen LogP contribution in [-0.4, -0.2) is 53.2 Å². The number of rotatable bonds is 3. The molecule has 1 aliphatic heterocycles. The highest BCUT2D eigenvalue weighted by Gasteiger charge is 2.24. The summed E-state index contributed by atoms with van der Waals surface area (Å²) in [6, 6.07) is 4.55. The normalized spacial score (nSPS) is 16.1. The molecule has 1 fully saturated rings. The van der Waals surface area contributed by atoms with Gasteiger partial charge < -0.3 is 14.7 Å². The molecule has 1 aliphatic rings. The van der Waals surface area contributed by atoms with Crippen molar-refractivity contribution >= 4 is 11.9 Å². The highest BCUT2D eigenvalue weighted by atomic mass is 16.5. The van der Waals surface area contributed by atoms with Gasteiger partial charge in [0, 0.05) is 26.3 Å². The Balaban J connectivity index is 2.14. The van der Waals surface area contributed by atoms with Crippen molar-refractivity contribution in [1.82, 2.24) is 9.88 Å². The van der Waals surface area contributed by atoms with Gasteiger partial charge in [-0.3, -0.25) is 4.79 Å². The maximum atomic E-state index is 12.2. The number of amides is 1. The van der Waals surface area contributed by atoms with Crippen molar-refractivity contribution in [2.24, 2.45) is 0 Å². The van der Waals surface area contributed by atoms with Gasteiger partial charge in [0.05, 0.1) is 0 Å². The predicted molar refractivity (Wildman–Crippen MR) is 67.1 cm³/mol. The van der Waals surface area contributed by atoms with Gasteiger partial charge in [-0.15, -0.1) is 0 Å². The van der Waals surface area contributed by atoms with Crippen LogP contribution in [-0.2, 0) is 4.74 Å². The first kappa shape index (κ1) is 13.5. The Labute approximate surface area is 111 Å². The molecule has 2 heterocycles. The lowest BCUT2D eigenvalue weighted by atomic mass is 10.1. The van der Waals surface area contributed by atoms with E-state index in [0.717, 1.165) is 12.8 Å². The summed E-state index contributed by atoms with van der Waals surface area (Å²) in [6.07, 6.45) is 1.59. The number of carboxylic acids is 1. The van der Waals surface area contributed by atoms with E-state index in [4.69, 9.17) is 9.84 Å². The van der Waals surface area contributed by atoms with Crippen LogP contribution in [0.5, 0.6) is 0 Å². The smallest absolute Gasteiger partial charge is 0.354 e. The zero-order valence-electron chi connectivity index (χ0n) is 10.7. The Hall–Kier alpha value is -1.95. The van der Waals surface area contributed by atoms with Gasteiger partial charge in [-0.25, -0.2) is 9.78 Å². The van der Waals surface area contributed by atoms with Crippen molar-refractivity contribution in [2.45, 2.75) is 18.9 Å². The number of nitrogens with zero attached hydrogens (tertiary/aromatic N) is 2. The van der Waals surface area contributed by atoms with Crippen molar-refractivity contribution < 1.29 is 19.4 Å². The zero-order chi connectivity index (χ0) is 13.8. The molecule has 1 aromatic heterocycles. The van der Waals surface area contributed by atoms with Gasteiger partial charge in [0.1, 0.15) is 11.4 Å². The fraction of sp³-hybridized carbons (Fsp3) is 0.462. The van der Waals surface area contributed by atoms with Gasteiger partial charge in [0.25, 0.3) is 5.91 Å². The van der Waals surface area contributed by atoms with E-state index in [0.29, 0.717) is 13.2 Å². The minimum Gasteiger partial charge on any atom is -0.477 e. The van der Waals surface area contributed by atoms with E-state index < -0.39 is 5.97 Å². The van der Waals surface area contributed by atoms with Crippen LogP contribution in [0.1, 0.15) is 33.8 Å². The molecule has 1 aromatic rings. The largest absolute Gasteiger partial charge is 0.477 e. The topological polar surface area (TPSA) is 79.7 Å². The molecule has 6 heteroatoms. The predicted octanol–water partition coefficient (Wildman–Crippen LogP) is 1.03. The zero-order valence-corrected chi connectivity index (χ0v) is 10.7. The van der Waals surface area contributed by atoms with Gasteiger partial charge in [-0.05, 0) is 25.0 Å². The molecule has 102 valence electrons. The Morgan fingerprint density at radius 3 is 2.58 bits per heavy atom. The SMILES string of the molecule is CN(C(=O)c1cccc(C(=O)O)n1)C1CCOCC1. The molecule has 6 nitrogen and oxygen atoms in total. The molecule has 0 saturated carbocycles. The molecule has 0 spiro atoms. The summed E-state index contributed by atoms with van der Waals surface area (Å²) in [4.78, 5) is 28.6. The average molecular weight is 264 g/mol. The molecule has 2 rings (SSSR count). The Kier molecular flexibility index (Phi) is 4.11. The second-order valence-corrected chi connectivity index (χ2v) is 4.47. The third kappa shape index (κ3) is 3.08. The summed E-state index contributed by atoms with van der Waals surface area (Å²) in [5, 5.41) is 8.87. The van der Waals surface area contributed by atoms with Crippen LogP contribution in [0.25, 0.3) is 0 Å². The molecule has 1 N–H and O–H groups in total. The van der Waals surface area contributed by atoms with Gasteiger partial charge in [-0.2, -0.15) is 0 Å². The third-order valence-electron chi connectivity index (χ3n) is 3.25. The second-order valence-electron chi connectivity index (χ2n) is 4.47. The van der Waals surface area contributed by atoms with E-state index in [2.05, 4.69) is 4.98 Å². The average Bonchev–Trinajstić information content (AvgIpc) is 2.46. The van der Waals surface area contributed by atoms with E-state index in [-0.39, 0.29) is 23.3 Å². The summed E-state index contributed by atoms with van der Waals surface area (Å²) < 4.78 is 5.25. The minimum absolute atomic E-state index is 0.119. The fourth-order valence-corrected chi connectivity index (χ4v) is 2.09. The van der Waals surface area contributed by atoms with Crippen LogP contribution in [0.2, 0.25) is 0 Å². The molecule has 0 aliphatic carbocycles. The molecule has 1 saturated heterocycles. The van der Waals surface area contributed by atoms with E-state index >= 15 is 0 Å². The van der Waals surface area contributed by atoms with E-state index in [1.165, 1.54) is 18.2 Å². The van der Waals surface area contributed by atoms with Crippen molar-refractivity contribution in [2.75, 3.05) is 20.3 Å². The number of hydrogen-bond acceptors (Lipinski definition) is 4. The molecule has 19 heavy (non-hydrogen) atoms. The molecule has 0 atom stereocenters. The summed E-state index contributed by atoms with van der Waals surface area (Å²) >= 11 is 0. The quantitative estimate of drug-likeness (QED) is 0.882. The molecule has 0 bridgehead atoms. The maximum absolute atomic E-state index is 12.2. The van der Waals surface area contributed by atoms with Crippen LogP contribution in [0.4, 0.5) is 0 Å². The summed E-state index contributed by atoms with van der Waals surface area (Å²) in [5.41, 5.74) is 0.0418. The van der Waals surface area contributed by atoms with Crippen LogP contribution in [0.15, 0.2) is 18.2 Å². The van der Waals surface area contributed by atoms with Crippen LogP contribution in [0.3, 0.4) is 0 Å². The first-order valence-corrected chi connectivity index (χ1v) is 6.15. The Morgan fingerprint density at radius 2 is 1.95 bits per heavy atom. The van der Waals surface area contributed by atoms with Crippen LogP contribution >= 0.6 is 0 Å². The number of pyridine rings is 1. The highest BCUT2D eigenvalue weighted by Crippen LogP contribution is 2.15. The van der Waals surface area contributed by atoms with Gasteiger partial charge >= 0.3 is 5.97 Å². The van der Waals surface area contributed by atoms with Gasteiger partial charge in [0.2, 0.25) is 0 Å². The van der Waals surface area contributed by atoms with Crippen molar-refractivity contribution in [3.63, 3.8) is 0 Å². The van der Waals surface area contributed by atoms with Crippen LogP contribution in [0, 0.1) is 0 Å². The molecular formula is C13H16N2O4. The van der Waals surface area contributed by atoms with Crippen molar-refractivity contribution in [1.29, 1.82) is 0 Å². The van der Waals surface area contributed by atoms with E-state index in [9.17, 15) is 9.59 Å². The van der Waals surface area contributed by atoms with Crippen molar-refractivity contribution in [3.8, 4) is 0 Å². The molecular weight excluding hydrogens is 248 g/mol. The maximum Gasteiger partial charge on any atom is 0.354 e. The number of hydrogen-bond donors (Lipinski definition) is 1. The number of aromatic carboxylic acids is 1. The molecule has 0 aromatic carbocycles. The molecule has 1 amide bonds. The molecule has 0 radical (unpaired) electrons. The lowest BCUT2D eigenvalue weighted by molar-refractivity contribution is 0.0359. The van der Waals surface area contributed by atoms with E-state index in [1.54, 1.807) is 11.9 Å². The number of aromatic nitrogens is 1. The first-order chi connectivity index (χ1) is 9.09. The van der Waals surface area contributed by atoms with Gasteiger partial charge in [-0.1, -0.05) is 6.07 Å². The number of carbonyl (C=O) groups excluding carboxylic acids is 1. The molecule has 0 unspecified atom stereocenters. The third-order valence-corrected chi connectivity index (χ3v) is 3.25. The number of carboxylic acid groups (broad SMARTS) is 1. The minimum atomic E-state index is -1.14. The summed E-state index contributed by atoms with van der Waals surface area (Å²) in [5.74, 6) is -1.39. The number of carbonyl (C=O) groups is 2. The van der Waals surface area contributed by atoms with Crippen LogP contribution < -0.4 is 0 Å². The summed E-state index contributed by atoms with van der Waals surface area (Å²) in [7, 11) is 1.72. The standard InChI is InChI=1S/C13H16N2O4/c1-15(9-5-7-19-8-6-9)12(16)10-3-2-4-11(14-10)13(17)18/h2-4,9H,5-8H2,1H3,(H,17,18). The Morgan fingerprint density at radius 1 is 1.32 bits per heavy atom. The summed E-state index contributed by atoms with van der Waals surface area (Å²) in [6.45, 7) is 1.29. The number of ether oxygens (including phenoxy) is 1. The monoisotopic (exact) mass is 264 g/mol. The van der Waals surface area contributed by atoms with Gasteiger partial charge in [0.15, 0.2) is 0 Å². The second kappa shape index (κ2) is 5.79. The van der Waals surface area contributed by atoms with Crippen molar-refractivity contribution in [3.05, 3.63) is 29.6 Å². The Bertz CT molecular complexity index is 483. The first-order valence-electron chi connectivity index (χ1n) is 6.15. The lowest BCUT2D eigenvalue weighted by Gasteiger charge is -2.31. The lowest BCUT2D eigenvalue weighted by Crippen LogP contribution is -2.41. The fourth-order valence-electron chi connectivity index (χ4n) is 2.09. The highest BCUT2D eigenvalue weighted by molar-refractivity contribution is 5.94.